The van der Waals surface area contributed by atoms with Crippen molar-refractivity contribution in [2.24, 2.45) is 0 Å². The van der Waals surface area contributed by atoms with Gasteiger partial charge in [-0.2, -0.15) is 13.2 Å². The number of hydrogen-bond acceptors (Lipinski definition) is 3. The SMILES string of the molecule is C[C@](O)(CN1CCC(NC(=O)Nc2ccccc2)CC1)c1cccc(C(F)(F)F)c1. The van der Waals surface area contributed by atoms with Crippen LogP contribution >= 0.6 is 0 Å². The number of piperidine rings is 1. The van der Waals surface area contributed by atoms with E-state index in [0.29, 0.717) is 31.6 Å². The second-order valence-corrected chi connectivity index (χ2v) is 7.87. The summed E-state index contributed by atoms with van der Waals surface area (Å²) in [5.74, 6) is 0. The van der Waals surface area contributed by atoms with Gasteiger partial charge in [-0.1, -0.05) is 30.3 Å². The molecule has 0 saturated carbocycles. The predicted molar refractivity (Wildman–Crippen MR) is 109 cm³/mol. The first-order chi connectivity index (χ1) is 14.1. The standard InChI is InChI=1S/C22H26F3N3O2/c1-21(30,16-6-5-7-17(14-16)22(23,24)25)15-28-12-10-19(11-13-28)27-20(29)26-18-8-3-2-4-9-18/h2-9,14,19,30H,10-13,15H2,1H3,(H2,26,27,29)/t21-/m0/s1. The van der Waals surface area contributed by atoms with Crippen molar-refractivity contribution in [1.82, 2.24) is 10.2 Å². The van der Waals surface area contributed by atoms with Gasteiger partial charge in [-0.25, -0.2) is 4.79 Å². The highest BCUT2D eigenvalue weighted by molar-refractivity contribution is 5.89. The zero-order valence-corrected chi connectivity index (χ0v) is 16.7. The Bertz CT molecular complexity index is 848. The predicted octanol–water partition coefficient (Wildman–Crippen LogP) is 4.20. The number of urea groups is 1. The number of anilines is 1. The van der Waals surface area contributed by atoms with Crippen molar-refractivity contribution in [2.45, 2.75) is 37.6 Å². The van der Waals surface area contributed by atoms with Gasteiger partial charge in [0.15, 0.2) is 0 Å². The van der Waals surface area contributed by atoms with Crippen LogP contribution in [-0.2, 0) is 11.8 Å². The molecule has 0 aliphatic carbocycles. The number of carbonyl (C=O) groups is 1. The average Bonchev–Trinajstić information content (AvgIpc) is 2.69. The van der Waals surface area contributed by atoms with Gasteiger partial charge in [-0.15, -0.1) is 0 Å². The van der Waals surface area contributed by atoms with Crippen molar-refractivity contribution in [1.29, 1.82) is 0 Å². The Morgan fingerprint density at radius 1 is 1.07 bits per heavy atom. The zero-order valence-electron chi connectivity index (χ0n) is 16.7. The molecule has 2 amide bonds. The molecule has 0 unspecified atom stereocenters. The van der Waals surface area contributed by atoms with Crippen LogP contribution in [0, 0.1) is 0 Å². The molecule has 1 heterocycles. The number of nitrogens with one attached hydrogen (secondary N) is 2. The van der Waals surface area contributed by atoms with Crippen LogP contribution in [0.25, 0.3) is 0 Å². The molecule has 1 atom stereocenters. The monoisotopic (exact) mass is 421 g/mol. The fourth-order valence-electron chi connectivity index (χ4n) is 3.67. The van der Waals surface area contributed by atoms with Crippen molar-refractivity contribution in [3.63, 3.8) is 0 Å². The minimum atomic E-state index is -4.45. The van der Waals surface area contributed by atoms with Crippen LogP contribution in [0.4, 0.5) is 23.7 Å². The number of carbonyl (C=O) groups excluding carboxylic acids is 1. The molecular weight excluding hydrogens is 395 g/mol. The van der Waals surface area contributed by atoms with Crippen molar-refractivity contribution in [2.75, 3.05) is 25.0 Å². The first-order valence-corrected chi connectivity index (χ1v) is 9.88. The number of nitrogens with zero attached hydrogens (tertiary/aromatic N) is 1. The maximum atomic E-state index is 13.0. The fourth-order valence-corrected chi connectivity index (χ4v) is 3.67. The Morgan fingerprint density at radius 2 is 1.70 bits per heavy atom. The molecule has 3 N–H and O–H groups in total. The summed E-state index contributed by atoms with van der Waals surface area (Å²) >= 11 is 0. The van der Waals surface area contributed by atoms with E-state index in [-0.39, 0.29) is 24.2 Å². The molecule has 0 radical (unpaired) electrons. The minimum Gasteiger partial charge on any atom is -0.384 e. The summed E-state index contributed by atoms with van der Waals surface area (Å²) in [7, 11) is 0. The molecule has 8 heteroatoms. The van der Waals surface area contributed by atoms with Gasteiger partial charge in [-0.3, -0.25) is 4.90 Å². The molecule has 2 aromatic rings. The fraction of sp³-hybridized carbons (Fsp3) is 0.409. The molecular formula is C22H26F3N3O2. The quantitative estimate of drug-likeness (QED) is 0.678. The third kappa shape index (κ3) is 5.96. The highest BCUT2D eigenvalue weighted by Gasteiger charge is 2.34. The summed E-state index contributed by atoms with van der Waals surface area (Å²) < 4.78 is 38.9. The van der Waals surface area contributed by atoms with E-state index >= 15 is 0 Å². The maximum absolute atomic E-state index is 13.0. The molecule has 1 aliphatic heterocycles. The number of benzene rings is 2. The number of aliphatic hydroxyl groups is 1. The molecule has 2 aromatic carbocycles. The van der Waals surface area contributed by atoms with Crippen LogP contribution in [0.5, 0.6) is 0 Å². The van der Waals surface area contributed by atoms with Crippen molar-refractivity contribution < 1.29 is 23.1 Å². The van der Waals surface area contributed by atoms with Crippen LogP contribution in [0.1, 0.15) is 30.9 Å². The minimum absolute atomic E-state index is 0.00321. The van der Waals surface area contributed by atoms with Gasteiger partial charge in [0.25, 0.3) is 0 Å². The van der Waals surface area contributed by atoms with Gasteiger partial charge in [-0.05, 0) is 49.6 Å². The van der Waals surface area contributed by atoms with Crippen LogP contribution < -0.4 is 10.6 Å². The summed E-state index contributed by atoms with van der Waals surface area (Å²) in [6.45, 7) is 3.01. The lowest BCUT2D eigenvalue weighted by atomic mass is 9.92. The Morgan fingerprint density at radius 3 is 2.33 bits per heavy atom. The lowest BCUT2D eigenvalue weighted by Gasteiger charge is -2.37. The van der Waals surface area contributed by atoms with E-state index in [2.05, 4.69) is 10.6 Å². The molecule has 5 nitrogen and oxygen atoms in total. The third-order valence-corrected chi connectivity index (χ3v) is 5.30. The summed E-state index contributed by atoms with van der Waals surface area (Å²) in [5.41, 5.74) is -1.23. The highest BCUT2D eigenvalue weighted by Crippen LogP contribution is 2.32. The number of rotatable bonds is 5. The zero-order chi connectivity index (χ0) is 21.8. The number of β-amino-alcohol motifs (C(OH)–C–C–N with tert-alkyl or cyclic N) is 1. The Hall–Kier alpha value is -2.58. The van der Waals surface area contributed by atoms with Crippen molar-refractivity contribution in [3.05, 3.63) is 65.7 Å². The molecule has 0 aromatic heterocycles. The lowest BCUT2D eigenvalue weighted by Crippen LogP contribution is -2.49. The molecule has 1 saturated heterocycles. The van der Waals surface area contributed by atoms with E-state index in [0.717, 1.165) is 12.1 Å². The van der Waals surface area contributed by atoms with E-state index in [9.17, 15) is 23.1 Å². The van der Waals surface area contributed by atoms with Gasteiger partial charge in [0.05, 0.1) is 11.2 Å². The lowest BCUT2D eigenvalue weighted by molar-refractivity contribution is -0.137. The highest BCUT2D eigenvalue weighted by atomic mass is 19.4. The van der Waals surface area contributed by atoms with Gasteiger partial charge in [0.2, 0.25) is 0 Å². The molecule has 1 aliphatic rings. The van der Waals surface area contributed by atoms with Crippen molar-refractivity contribution in [3.8, 4) is 0 Å². The molecule has 0 spiro atoms. The summed E-state index contributed by atoms with van der Waals surface area (Å²) in [6, 6.07) is 13.7. The van der Waals surface area contributed by atoms with Crippen molar-refractivity contribution >= 4 is 11.7 Å². The van der Waals surface area contributed by atoms with Crippen LogP contribution in [0.15, 0.2) is 54.6 Å². The second-order valence-electron chi connectivity index (χ2n) is 7.87. The summed E-state index contributed by atoms with van der Waals surface area (Å²) in [6.07, 6.45) is -3.06. The number of hydrogen-bond donors (Lipinski definition) is 3. The smallest absolute Gasteiger partial charge is 0.384 e. The normalized spacial score (nSPS) is 17.9. The number of likely N-dealkylation sites (tertiary alicyclic amines) is 1. The van der Waals surface area contributed by atoms with Gasteiger partial charge >= 0.3 is 12.2 Å². The summed E-state index contributed by atoms with van der Waals surface area (Å²) in [5, 5.41) is 16.5. The van der Waals surface area contributed by atoms with E-state index < -0.39 is 17.3 Å². The average molecular weight is 421 g/mol. The molecule has 3 rings (SSSR count). The maximum Gasteiger partial charge on any atom is 0.416 e. The Kier molecular flexibility index (Phi) is 6.67. The molecule has 0 bridgehead atoms. The molecule has 30 heavy (non-hydrogen) atoms. The van der Waals surface area contributed by atoms with E-state index in [1.807, 2.05) is 23.1 Å². The van der Waals surface area contributed by atoms with Crippen LogP contribution in [-0.4, -0.2) is 41.7 Å². The van der Waals surface area contributed by atoms with Gasteiger partial charge in [0.1, 0.15) is 0 Å². The second kappa shape index (κ2) is 9.06. The number of amides is 2. The Balaban J connectivity index is 1.51. The van der Waals surface area contributed by atoms with Crippen LogP contribution in [0.3, 0.4) is 0 Å². The topological polar surface area (TPSA) is 64.6 Å². The van der Waals surface area contributed by atoms with Gasteiger partial charge < -0.3 is 15.7 Å². The number of para-hydroxylation sites is 1. The first-order valence-electron chi connectivity index (χ1n) is 9.88. The molecule has 162 valence electrons. The van der Waals surface area contributed by atoms with Crippen LogP contribution in [0.2, 0.25) is 0 Å². The largest absolute Gasteiger partial charge is 0.416 e. The van der Waals surface area contributed by atoms with E-state index in [1.54, 1.807) is 12.1 Å². The van der Waals surface area contributed by atoms with E-state index in [4.69, 9.17) is 0 Å². The number of alkyl halides is 3. The summed E-state index contributed by atoms with van der Waals surface area (Å²) in [4.78, 5) is 14.1. The Labute approximate surface area is 173 Å². The third-order valence-electron chi connectivity index (χ3n) is 5.30. The van der Waals surface area contributed by atoms with E-state index in [1.165, 1.54) is 19.1 Å². The number of halogens is 3. The first kappa shape index (κ1) is 22.1. The van der Waals surface area contributed by atoms with Gasteiger partial charge in [0, 0.05) is 31.4 Å². The molecule has 1 fully saturated rings.